The van der Waals surface area contributed by atoms with Crippen LogP contribution in [0.2, 0.25) is 0 Å². The van der Waals surface area contributed by atoms with Gasteiger partial charge in [0.05, 0.1) is 6.07 Å². The Labute approximate surface area is 137 Å². The summed E-state index contributed by atoms with van der Waals surface area (Å²) in [7, 11) is 1.36. The van der Waals surface area contributed by atoms with Gasteiger partial charge in [-0.1, -0.05) is 12.1 Å². The predicted octanol–water partition coefficient (Wildman–Crippen LogP) is 1.57. The maximum Gasteiger partial charge on any atom is 0.245 e. The Bertz CT molecular complexity index is 866. The molecule has 2 aromatic rings. The van der Waals surface area contributed by atoms with Gasteiger partial charge in [-0.25, -0.2) is 9.07 Å². The van der Waals surface area contributed by atoms with Crippen LogP contribution in [-0.2, 0) is 17.6 Å². The van der Waals surface area contributed by atoms with Crippen LogP contribution in [0, 0.1) is 23.1 Å². The Morgan fingerprint density at radius 1 is 1.38 bits per heavy atom. The third kappa shape index (κ3) is 2.46. The van der Waals surface area contributed by atoms with E-state index in [9.17, 15) is 14.0 Å². The van der Waals surface area contributed by atoms with Gasteiger partial charge in [-0.05, 0) is 31.4 Å². The number of nitriles is 1. The van der Waals surface area contributed by atoms with Gasteiger partial charge in [0.15, 0.2) is 5.92 Å². The van der Waals surface area contributed by atoms with Crippen molar-refractivity contribution in [3.63, 3.8) is 0 Å². The summed E-state index contributed by atoms with van der Waals surface area (Å²) in [4.78, 5) is 24.4. The van der Waals surface area contributed by atoms with Crippen molar-refractivity contribution in [2.24, 2.45) is 5.92 Å². The van der Waals surface area contributed by atoms with Crippen LogP contribution in [0.3, 0.4) is 0 Å². The number of para-hydroxylation sites is 1. The molecule has 0 radical (unpaired) electrons. The minimum atomic E-state index is -1.45. The number of rotatable bonds is 4. The summed E-state index contributed by atoms with van der Waals surface area (Å²) in [6, 6.07) is 7.88. The average Bonchev–Trinajstić information content (AvgIpc) is 3.18. The summed E-state index contributed by atoms with van der Waals surface area (Å²) in [6.45, 7) is 0. The molecule has 1 aliphatic rings. The van der Waals surface area contributed by atoms with E-state index in [-0.39, 0.29) is 11.4 Å². The molecule has 0 saturated carbocycles. The van der Waals surface area contributed by atoms with Crippen molar-refractivity contribution in [3.05, 3.63) is 47.0 Å². The molecule has 24 heavy (non-hydrogen) atoms. The number of hydrogen-bond acceptors (Lipinski definition) is 4. The van der Waals surface area contributed by atoms with Crippen LogP contribution in [0.25, 0.3) is 5.69 Å². The minimum Gasteiger partial charge on any atom is -0.358 e. The van der Waals surface area contributed by atoms with Crippen LogP contribution in [-0.4, -0.2) is 28.5 Å². The lowest BCUT2D eigenvalue weighted by Gasteiger charge is -2.07. The molecule has 0 saturated heterocycles. The van der Waals surface area contributed by atoms with Crippen molar-refractivity contribution in [3.8, 4) is 11.8 Å². The second-order valence-electron chi connectivity index (χ2n) is 5.53. The lowest BCUT2D eigenvalue weighted by molar-refractivity contribution is -0.121. The van der Waals surface area contributed by atoms with E-state index in [0.29, 0.717) is 18.4 Å². The second-order valence-corrected chi connectivity index (χ2v) is 5.53. The molecular weight excluding hydrogens is 311 g/mol. The van der Waals surface area contributed by atoms with Crippen LogP contribution >= 0.6 is 0 Å². The van der Waals surface area contributed by atoms with Gasteiger partial charge in [0.25, 0.3) is 0 Å². The molecule has 3 rings (SSSR count). The Hall–Kier alpha value is -3.01. The summed E-state index contributed by atoms with van der Waals surface area (Å²) >= 11 is 0. The molecule has 7 heteroatoms. The van der Waals surface area contributed by atoms with E-state index < -0.39 is 23.4 Å². The van der Waals surface area contributed by atoms with Gasteiger partial charge in [-0.2, -0.15) is 10.4 Å². The van der Waals surface area contributed by atoms with E-state index in [2.05, 4.69) is 10.4 Å². The Morgan fingerprint density at radius 3 is 2.79 bits per heavy atom. The first-order valence-electron chi connectivity index (χ1n) is 7.59. The average molecular weight is 326 g/mol. The first-order chi connectivity index (χ1) is 11.6. The molecule has 6 nitrogen and oxygen atoms in total. The Morgan fingerprint density at radius 2 is 2.12 bits per heavy atom. The van der Waals surface area contributed by atoms with Crippen LogP contribution in [0.5, 0.6) is 0 Å². The molecule has 1 aliphatic carbocycles. The summed E-state index contributed by atoms with van der Waals surface area (Å²) in [5.74, 6) is -3.22. The zero-order valence-corrected chi connectivity index (χ0v) is 13.0. The van der Waals surface area contributed by atoms with Crippen molar-refractivity contribution in [1.82, 2.24) is 15.1 Å². The molecule has 0 fully saturated rings. The number of Topliss-reactive ketones (excluding diaryl/α,β-unsaturated/α-hetero) is 1. The van der Waals surface area contributed by atoms with Crippen molar-refractivity contribution < 1.29 is 14.0 Å². The monoisotopic (exact) mass is 326 g/mol. The zero-order chi connectivity index (χ0) is 17.3. The van der Waals surface area contributed by atoms with E-state index in [1.807, 2.05) is 0 Å². The summed E-state index contributed by atoms with van der Waals surface area (Å²) in [6.07, 6.45) is 2.11. The molecule has 0 aliphatic heterocycles. The number of ketones is 1. The highest BCUT2D eigenvalue weighted by Crippen LogP contribution is 2.29. The largest absolute Gasteiger partial charge is 0.358 e. The van der Waals surface area contributed by atoms with Gasteiger partial charge < -0.3 is 5.32 Å². The summed E-state index contributed by atoms with van der Waals surface area (Å²) in [5, 5.41) is 15.7. The van der Waals surface area contributed by atoms with E-state index in [0.717, 1.165) is 12.1 Å². The van der Waals surface area contributed by atoms with Gasteiger partial charge in [-0.15, -0.1) is 0 Å². The van der Waals surface area contributed by atoms with E-state index in [4.69, 9.17) is 5.26 Å². The lowest BCUT2D eigenvalue weighted by atomic mass is 9.99. The molecule has 1 aromatic carbocycles. The highest BCUT2D eigenvalue weighted by Gasteiger charge is 2.34. The van der Waals surface area contributed by atoms with E-state index in [1.165, 1.54) is 17.8 Å². The number of halogens is 1. The minimum absolute atomic E-state index is 0.0842. The summed E-state index contributed by atoms with van der Waals surface area (Å²) in [5.41, 5.74) is 1.80. The highest BCUT2D eigenvalue weighted by molar-refractivity contribution is 6.12. The number of carbonyl (C=O) groups excluding carboxylic acids is 2. The molecule has 1 atom stereocenters. The SMILES string of the molecule is CNC(=O)[C@@H](C#N)C(=O)c1nn(-c2ccccc2F)c2c1CCC2. The number of hydrogen-bond donors (Lipinski definition) is 1. The first-order valence-corrected chi connectivity index (χ1v) is 7.59. The molecule has 0 unspecified atom stereocenters. The molecule has 1 heterocycles. The number of aromatic nitrogens is 2. The van der Waals surface area contributed by atoms with E-state index >= 15 is 0 Å². The van der Waals surface area contributed by atoms with Crippen LogP contribution in [0.1, 0.15) is 28.2 Å². The van der Waals surface area contributed by atoms with Crippen molar-refractivity contribution in [1.29, 1.82) is 5.26 Å². The van der Waals surface area contributed by atoms with E-state index in [1.54, 1.807) is 24.3 Å². The van der Waals surface area contributed by atoms with Crippen molar-refractivity contribution >= 4 is 11.7 Å². The standard InChI is InChI=1S/C17H15FN4O2/c1-20-17(24)11(9-19)16(23)15-10-5-4-8-13(10)22(21-15)14-7-3-2-6-12(14)18/h2-3,6-7,11H,4-5,8H2,1H3,(H,20,24)/t11-/m0/s1. The smallest absolute Gasteiger partial charge is 0.245 e. The second kappa shape index (κ2) is 6.24. The third-order valence-electron chi connectivity index (χ3n) is 4.14. The quantitative estimate of drug-likeness (QED) is 0.682. The fourth-order valence-electron chi connectivity index (χ4n) is 2.98. The Kier molecular flexibility index (Phi) is 4.13. The van der Waals surface area contributed by atoms with Crippen LogP contribution < -0.4 is 5.32 Å². The van der Waals surface area contributed by atoms with Gasteiger partial charge in [0, 0.05) is 18.3 Å². The molecule has 122 valence electrons. The summed E-state index contributed by atoms with van der Waals surface area (Å²) < 4.78 is 15.5. The number of benzene rings is 1. The number of carbonyl (C=O) groups is 2. The number of fused-ring (bicyclic) bond motifs is 1. The van der Waals surface area contributed by atoms with Crippen molar-refractivity contribution in [2.75, 3.05) is 7.05 Å². The third-order valence-corrected chi connectivity index (χ3v) is 4.14. The van der Waals surface area contributed by atoms with Crippen LogP contribution in [0.4, 0.5) is 4.39 Å². The number of amides is 1. The molecule has 1 amide bonds. The van der Waals surface area contributed by atoms with Gasteiger partial charge in [0.2, 0.25) is 11.7 Å². The van der Waals surface area contributed by atoms with Gasteiger partial charge >= 0.3 is 0 Å². The number of nitrogens with zero attached hydrogens (tertiary/aromatic N) is 3. The zero-order valence-electron chi connectivity index (χ0n) is 13.0. The molecule has 1 aromatic heterocycles. The van der Waals surface area contributed by atoms with Gasteiger partial charge in [0.1, 0.15) is 17.2 Å². The van der Waals surface area contributed by atoms with Gasteiger partial charge in [-0.3, -0.25) is 9.59 Å². The number of nitrogens with one attached hydrogen (secondary N) is 1. The van der Waals surface area contributed by atoms with Crippen LogP contribution in [0.15, 0.2) is 24.3 Å². The molecular formula is C17H15FN4O2. The predicted molar refractivity (Wildman–Crippen MR) is 83.0 cm³/mol. The lowest BCUT2D eigenvalue weighted by Crippen LogP contribution is -2.32. The highest BCUT2D eigenvalue weighted by atomic mass is 19.1. The maximum absolute atomic E-state index is 14.1. The maximum atomic E-state index is 14.1. The molecule has 0 spiro atoms. The topological polar surface area (TPSA) is 87.8 Å². The van der Waals surface area contributed by atoms with Crippen molar-refractivity contribution in [2.45, 2.75) is 19.3 Å². The fraction of sp³-hybridized carbons (Fsp3) is 0.294. The fourth-order valence-corrected chi connectivity index (χ4v) is 2.98. The Balaban J connectivity index is 2.10. The molecule has 0 bridgehead atoms. The normalized spacial score (nSPS) is 13.9. The molecule has 1 N–H and O–H groups in total. The first kappa shape index (κ1) is 15.9.